The maximum atomic E-state index is 5.61. The molecule has 0 unspecified atom stereocenters. The number of hydrogen-bond donors (Lipinski definition) is 1. The number of ether oxygens (including phenoxy) is 2. The number of aromatic nitrogens is 1. The van der Waals surface area contributed by atoms with Crippen molar-refractivity contribution in [3.8, 4) is 0 Å². The molecule has 0 fully saturated rings. The molecule has 0 aliphatic rings. The van der Waals surface area contributed by atoms with Crippen LogP contribution in [-0.2, 0) is 22.6 Å². The van der Waals surface area contributed by atoms with Crippen molar-refractivity contribution in [2.45, 2.75) is 19.5 Å². The van der Waals surface area contributed by atoms with Crippen LogP contribution in [0, 0.1) is 0 Å². The summed E-state index contributed by atoms with van der Waals surface area (Å²) in [4.78, 5) is 0. The Labute approximate surface area is 120 Å². The quantitative estimate of drug-likeness (QED) is 0.714. The van der Waals surface area contributed by atoms with Crippen LogP contribution in [0.25, 0.3) is 10.9 Å². The molecule has 0 saturated heterocycles. The summed E-state index contributed by atoms with van der Waals surface area (Å²) < 4.78 is 12.8. The van der Waals surface area contributed by atoms with E-state index in [2.05, 4.69) is 40.3 Å². The van der Waals surface area contributed by atoms with Gasteiger partial charge in [-0.05, 0) is 42.6 Å². The van der Waals surface area contributed by atoms with Gasteiger partial charge in [0.15, 0.2) is 0 Å². The standard InChI is InChI=1S/C16H24N2O2/c1-17-13-14-4-5-16-15(12-14)6-7-18(16)8-11-20-10-3-9-19-2/h4-7,12,17H,3,8-11,13H2,1-2H3. The molecule has 20 heavy (non-hydrogen) atoms. The van der Waals surface area contributed by atoms with Crippen molar-refractivity contribution in [3.05, 3.63) is 36.0 Å². The summed E-state index contributed by atoms with van der Waals surface area (Å²) in [6, 6.07) is 8.77. The lowest BCUT2D eigenvalue weighted by atomic mass is 10.1. The fraction of sp³-hybridized carbons (Fsp3) is 0.500. The van der Waals surface area contributed by atoms with E-state index in [1.54, 1.807) is 7.11 Å². The first-order valence-electron chi connectivity index (χ1n) is 7.14. The van der Waals surface area contributed by atoms with E-state index in [-0.39, 0.29) is 0 Å². The SMILES string of the molecule is CNCc1ccc2c(ccn2CCOCCCOC)c1. The van der Waals surface area contributed by atoms with E-state index in [0.29, 0.717) is 0 Å². The highest BCUT2D eigenvalue weighted by molar-refractivity contribution is 5.80. The maximum absolute atomic E-state index is 5.61. The predicted molar refractivity (Wildman–Crippen MR) is 82.0 cm³/mol. The molecule has 1 aromatic carbocycles. The van der Waals surface area contributed by atoms with Gasteiger partial charge in [0.25, 0.3) is 0 Å². The third-order valence-corrected chi connectivity index (χ3v) is 3.33. The molecule has 4 heteroatoms. The zero-order chi connectivity index (χ0) is 14.2. The van der Waals surface area contributed by atoms with Crippen molar-refractivity contribution in [1.82, 2.24) is 9.88 Å². The first-order chi connectivity index (χ1) is 9.85. The number of rotatable bonds is 9. The van der Waals surface area contributed by atoms with Crippen LogP contribution in [-0.4, -0.2) is 38.5 Å². The van der Waals surface area contributed by atoms with Crippen LogP contribution in [0.3, 0.4) is 0 Å². The average Bonchev–Trinajstić information content (AvgIpc) is 2.86. The monoisotopic (exact) mass is 276 g/mol. The van der Waals surface area contributed by atoms with Gasteiger partial charge < -0.3 is 19.4 Å². The zero-order valence-electron chi connectivity index (χ0n) is 12.4. The van der Waals surface area contributed by atoms with Crippen molar-refractivity contribution in [3.63, 3.8) is 0 Å². The van der Waals surface area contributed by atoms with Gasteiger partial charge in [-0.2, -0.15) is 0 Å². The molecule has 4 nitrogen and oxygen atoms in total. The van der Waals surface area contributed by atoms with E-state index in [1.165, 1.54) is 16.5 Å². The molecule has 0 aliphatic carbocycles. The van der Waals surface area contributed by atoms with E-state index in [4.69, 9.17) is 9.47 Å². The van der Waals surface area contributed by atoms with Gasteiger partial charge in [0.05, 0.1) is 6.61 Å². The summed E-state index contributed by atoms with van der Waals surface area (Å²) in [7, 11) is 3.69. The molecule has 0 atom stereocenters. The van der Waals surface area contributed by atoms with Gasteiger partial charge in [0.1, 0.15) is 0 Å². The lowest BCUT2D eigenvalue weighted by molar-refractivity contribution is 0.0982. The third-order valence-electron chi connectivity index (χ3n) is 3.33. The van der Waals surface area contributed by atoms with Gasteiger partial charge in [-0.3, -0.25) is 0 Å². The molecule has 0 bridgehead atoms. The number of nitrogens with zero attached hydrogens (tertiary/aromatic N) is 1. The second kappa shape index (κ2) is 8.04. The Hall–Kier alpha value is -1.36. The van der Waals surface area contributed by atoms with Crippen LogP contribution >= 0.6 is 0 Å². The minimum Gasteiger partial charge on any atom is -0.385 e. The highest BCUT2D eigenvalue weighted by Crippen LogP contribution is 2.17. The van der Waals surface area contributed by atoms with Crippen molar-refractivity contribution >= 4 is 10.9 Å². The van der Waals surface area contributed by atoms with E-state index in [1.807, 2.05) is 7.05 Å². The van der Waals surface area contributed by atoms with Crippen molar-refractivity contribution < 1.29 is 9.47 Å². The Morgan fingerprint density at radius 3 is 2.85 bits per heavy atom. The third kappa shape index (κ3) is 4.07. The first kappa shape index (κ1) is 15.0. The number of methoxy groups -OCH3 is 1. The zero-order valence-corrected chi connectivity index (χ0v) is 12.4. The Morgan fingerprint density at radius 2 is 2.05 bits per heavy atom. The molecule has 0 radical (unpaired) electrons. The number of nitrogens with one attached hydrogen (secondary N) is 1. The molecule has 2 rings (SSSR count). The van der Waals surface area contributed by atoms with Crippen LogP contribution in [0.4, 0.5) is 0 Å². The molecule has 0 saturated carbocycles. The van der Waals surface area contributed by atoms with Crippen LogP contribution in [0.5, 0.6) is 0 Å². The summed E-state index contributed by atoms with van der Waals surface area (Å²) in [6.45, 7) is 4.07. The van der Waals surface area contributed by atoms with E-state index < -0.39 is 0 Å². The second-order valence-electron chi connectivity index (χ2n) is 4.89. The Kier molecular flexibility index (Phi) is 6.05. The normalized spacial score (nSPS) is 11.3. The van der Waals surface area contributed by atoms with Gasteiger partial charge in [-0.25, -0.2) is 0 Å². The van der Waals surface area contributed by atoms with Crippen LogP contribution in [0.2, 0.25) is 0 Å². The van der Waals surface area contributed by atoms with E-state index in [0.717, 1.165) is 39.3 Å². The van der Waals surface area contributed by atoms with Crippen LogP contribution in [0.1, 0.15) is 12.0 Å². The average molecular weight is 276 g/mol. The Morgan fingerprint density at radius 1 is 1.15 bits per heavy atom. The molecule has 2 aromatic rings. The summed E-state index contributed by atoms with van der Waals surface area (Å²) >= 11 is 0. The number of fused-ring (bicyclic) bond motifs is 1. The van der Waals surface area contributed by atoms with Crippen LogP contribution < -0.4 is 5.32 Å². The Bertz CT molecular complexity index is 522. The van der Waals surface area contributed by atoms with E-state index >= 15 is 0 Å². The van der Waals surface area contributed by atoms with Crippen molar-refractivity contribution in [1.29, 1.82) is 0 Å². The summed E-state index contributed by atoms with van der Waals surface area (Å²) in [5.41, 5.74) is 2.58. The predicted octanol–water partition coefficient (Wildman–Crippen LogP) is 2.41. The second-order valence-corrected chi connectivity index (χ2v) is 4.89. The molecule has 1 aromatic heterocycles. The molecule has 0 amide bonds. The molecule has 1 heterocycles. The molecular weight excluding hydrogens is 252 g/mol. The number of hydrogen-bond acceptors (Lipinski definition) is 3. The fourth-order valence-corrected chi connectivity index (χ4v) is 2.33. The highest BCUT2D eigenvalue weighted by atomic mass is 16.5. The molecule has 0 spiro atoms. The molecule has 110 valence electrons. The smallest absolute Gasteiger partial charge is 0.0645 e. The Balaban J connectivity index is 1.87. The summed E-state index contributed by atoms with van der Waals surface area (Å²) in [5.74, 6) is 0. The lowest BCUT2D eigenvalue weighted by Gasteiger charge is -2.07. The topological polar surface area (TPSA) is 35.4 Å². The molecule has 0 aliphatic heterocycles. The maximum Gasteiger partial charge on any atom is 0.0645 e. The van der Waals surface area contributed by atoms with Gasteiger partial charge in [0, 0.05) is 45.1 Å². The van der Waals surface area contributed by atoms with E-state index in [9.17, 15) is 0 Å². The van der Waals surface area contributed by atoms with Gasteiger partial charge in [0.2, 0.25) is 0 Å². The van der Waals surface area contributed by atoms with Gasteiger partial charge in [-0.1, -0.05) is 6.07 Å². The summed E-state index contributed by atoms with van der Waals surface area (Å²) in [5, 5.41) is 4.47. The van der Waals surface area contributed by atoms with Gasteiger partial charge >= 0.3 is 0 Å². The fourth-order valence-electron chi connectivity index (χ4n) is 2.33. The molecule has 1 N–H and O–H groups in total. The van der Waals surface area contributed by atoms with Crippen molar-refractivity contribution in [2.24, 2.45) is 0 Å². The largest absolute Gasteiger partial charge is 0.385 e. The first-order valence-corrected chi connectivity index (χ1v) is 7.14. The van der Waals surface area contributed by atoms with Crippen molar-refractivity contribution in [2.75, 3.05) is 34.0 Å². The minimum absolute atomic E-state index is 0.742. The van der Waals surface area contributed by atoms with Crippen LogP contribution in [0.15, 0.2) is 30.5 Å². The minimum atomic E-state index is 0.742. The van der Waals surface area contributed by atoms with Gasteiger partial charge in [-0.15, -0.1) is 0 Å². The molecular formula is C16H24N2O2. The summed E-state index contributed by atoms with van der Waals surface area (Å²) in [6.07, 6.45) is 3.09. The highest BCUT2D eigenvalue weighted by Gasteiger charge is 2.02. The number of benzene rings is 1. The lowest BCUT2D eigenvalue weighted by Crippen LogP contribution is -2.07.